The van der Waals surface area contributed by atoms with Crippen LogP contribution in [0, 0.1) is 0 Å². The summed E-state index contributed by atoms with van der Waals surface area (Å²) >= 11 is 0. The van der Waals surface area contributed by atoms with E-state index in [4.69, 9.17) is 15.2 Å². The van der Waals surface area contributed by atoms with Gasteiger partial charge >= 0.3 is 5.97 Å². The molecule has 1 heterocycles. The molecule has 0 spiro atoms. The smallest absolute Gasteiger partial charge is 0.345 e. The van der Waals surface area contributed by atoms with E-state index < -0.39 is 22.3 Å². The predicted molar refractivity (Wildman–Crippen MR) is 108 cm³/mol. The van der Waals surface area contributed by atoms with E-state index in [9.17, 15) is 13.8 Å². The van der Waals surface area contributed by atoms with Gasteiger partial charge in [-0.25, -0.2) is 4.79 Å². The van der Waals surface area contributed by atoms with Gasteiger partial charge in [0.05, 0.1) is 22.6 Å². The third-order valence-electron chi connectivity index (χ3n) is 5.44. The van der Waals surface area contributed by atoms with Crippen molar-refractivity contribution in [1.82, 2.24) is 4.57 Å². The number of benzene rings is 1. The molecular formula is C20H24N2O5S. The van der Waals surface area contributed by atoms with Gasteiger partial charge in [0.2, 0.25) is 0 Å². The molecule has 8 heteroatoms. The van der Waals surface area contributed by atoms with Crippen LogP contribution >= 0.6 is 0 Å². The lowest BCUT2D eigenvalue weighted by atomic mass is 10.1. The molecule has 0 bridgehead atoms. The number of pyridine rings is 1. The molecule has 2 aromatic rings. The molecule has 28 heavy (non-hydrogen) atoms. The number of anilines is 1. The lowest BCUT2D eigenvalue weighted by molar-refractivity contribution is 0.0525. The van der Waals surface area contributed by atoms with Crippen LogP contribution in [0.3, 0.4) is 0 Å². The van der Waals surface area contributed by atoms with Crippen molar-refractivity contribution in [3.63, 3.8) is 0 Å². The molecule has 0 saturated heterocycles. The molecule has 4 rings (SSSR count). The van der Waals surface area contributed by atoms with Gasteiger partial charge in [0.15, 0.2) is 0 Å². The summed E-state index contributed by atoms with van der Waals surface area (Å²) in [4.78, 5) is 25.0. The molecule has 150 valence electrons. The number of rotatable bonds is 7. The molecular weight excluding hydrogens is 380 g/mol. The Kier molecular flexibility index (Phi) is 4.69. The van der Waals surface area contributed by atoms with Crippen LogP contribution in [-0.2, 0) is 22.6 Å². The van der Waals surface area contributed by atoms with Gasteiger partial charge in [0.1, 0.15) is 17.9 Å². The Morgan fingerprint density at radius 1 is 1.36 bits per heavy atom. The molecule has 1 aromatic carbocycles. The highest BCUT2D eigenvalue weighted by molar-refractivity contribution is 7.87. The Hall–Kier alpha value is -2.35. The number of aryl methyl sites for hydroxylation is 1. The maximum absolute atomic E-state index is 12.8. The van der Waals surface area contributed by atoms with Crippen LogP contribution in [0.25, 0.3) is 10.9 Å². The first-order chi connectivity index (χ1) is 13.4. The Labute approximate surface area is 165 Å². The summed E-state index contributed by atoms with van der Waals surface area (Å²) in [5.74, 6) is -0.233. The van der Waals surface area contributed by atoms with Gasteiger partial charge in [-0.05, 0) is 38.7 Å². The van der Waals surface area contributed by atoms with Gasteiger partial charge in [0.25, 0.3) is 5.56 Å². The number of carbonyl (C=O) groups excluding carboxylic acids is 1. The van der Waals surface area contributed by atoms with Gasteiger partial charge in [-0.15, -0.1) is 0 Å². The van der Waals surface area contributed by atoms with E-state index in [2.05, 4.69) is 0 Å². The molecule has 7 nitrogen and oxygen atoms in total. The summed E-state index contributed by atoms with van der Waals surface area (Å²) in [6.07, 6.45) is 3.86. The lowest BCUT2D eigenvalue weighted by Crippen LogP contribution is -2.29. The zero-order chi connectivity index (χ0) is 20.1. The SMILES string of the molecule is CCOC(=O)c1c(N)c2cccc(OCC3(S(=O)C4CC4)CC3)c2n(C)c1=O. The molecule has 0 amide bonds. The number of ether oxygens (including phenoxy) is 2. The van der Waals surface area contributed by atoms with Crippen molar-refractivity contribution in [2.45, 2.75) is 42.6 Å². The number of hydrogen-bond acceptors (Lipinski definition) is 6. The van der Waals surface area contributed by atoms with Crippen molar-refractivity contribution in [1.29, 1.82) is 0 Å². The molecule has 2 N–H and O–H groups in total. The molecule has 1 atom stereocenters. The first-order valence-corrected chi connectivity index (χ1v) is 10.7. The van der Waals surface area contributed by atoms with Crippen molar-refractivity contribution in [3.05, 3.63) is 34.1 Å². The molecule has 1 unspecified atom stereocenters. The predicted octanol–water partition coefficient (Wildman–Crippen LogP) is 2.12. The summed E-state index contributed by atoms with van der Waals surface area (Å²) in [5.41, 5.74) is 6.08. The van der Waals surface area contributed by atoms with Crippen LogP contribution in [0.15, 0.2) is 23.0 Å². The van der Waals surface area contributed by atoms with Gasteiger partial charge in [-0.1, -0.05) is 12.1 Å². The van der Waals surface area contributed by atoms with E-state index in [1.807, 2.05) is 0 Å². The summed E-state index contributed by atoms with van der Waals surface area (Å²) in [6, 6.07) is 5.28. The molecule has 2 saturated carbocycles. The standard InChI is InChI=1S/C20H24N2O5S/c1-3-26-19(24)15-16(21)13-5-4-6-14(17(13)22(2)18(15)23)27-11-20(9-10-20)28(25)12-7-8-12/h4-6,12H,3,7-11,21H2,1-2H3. The highest BCUT2D eigenvalue weighted by atomic mass is 32.2. The molecule has 2 fully saturated rings. The van der Waals surface area contributed by atoms with Crippen LogP contribution in [0.5, 0.6) is 5.75 Å². The van der Waals surface area contributed by atoms with E-state index in [-0.39, 0.29) is 22.6 Å². The first-order valence-electron chi connectivity index (χ1n) is 9.51. The van der Waals surface area contributed by atoms with Crippen molar-refractivity contribution in [2.24, 2.45) is 7.05 Å². The number of aromatic nitrogens is 1. The topological polar surface area (TPSA) is 101 Å². The minimum absolute atomic E-state index is 0.0877. The minimum Gasteiger partial charge on any atom is -0.490 e. The van der Waals surface area contributed by atoms with E-state index in [1.165, 1.54) is 4.57 Å². The number of esters is 1. The van der Waals surface area contributed by atoms with Crippen LogP contribution < -0.4 is 16.0 Å². The number of nitrogen functional groups attached to an aromatic ring is 1. The van der Waals surface area contributed by atoms with Crippen molar-refractivity contribution >= 4 is 33.4 Å². The second-order valence-electron chi connectivity index (χ2n) is 7.49. The average Bonchev–Trinajstić information content (AvgIpc) is 3.59. The van der Waals surface area contributed by atoms with Crippen LogP contribution in [0.4, 0.5) is 5.69 Å². The lowest BCUT2D eigenvalue weighted by Gasteiger charge is -2.19. The van der Waals surface area contributed by atoms with Gasteiger partial charge in [-0.2, -0.15) is 0 Å². The number of nitrogens with zero attached hydrogens (tertiary/aromatic N) is 1. The molecule has 2 aliphatic carbocycles. The fraction of sp³-hybridized carbons (Fsp3) is 0.500. The zero-order valence-corrected chi connectivity index (χ0v) is 16.8. The zero-order valence-electron chi connectivity index (χ0n) is 16.0. The van der Waals surface area contributed by atoms with Crippen molar-refractivity contribution in [2.75, 3.05) is 18.9 Å². The fourth-order valence-corrected chi connectivity index (χ4v) is 5.46. The first kappa shape index (κ1) is 19.0. The summed E-state index contributed by atoms with van der Waals surface area (Å²) < 4.78 is 24.8. The number of para-hydroxylation sites is 1. The van der Waals surface area contributed by atoms with Crippen LogP contribution in [-0.4, -0.2) is 38.0 Å². The summed E-state index contributed by atoms with van der Waals surface area (Å²) in [5, 5.41) is 0.863. The third-order valence-corrected chi connectivity index (χ3v) is 7.90. The van der Waals surface area contributed by atoms with Gasteiger partial charge in [0, 0.05) is 28.5 Å². The largest absolute Gasteiger partial charge is 0.490 e. The van der Waals surface area contributed by atoms with E-state index in [1.54, 1.807) is 32.2 Å². The molecule has 2 aliphatic rings. The minimum atomic E-state index is -0.873. The van der Waals surface area contributed by atoms with Crippen LogP contribution in [0.1, 0.15) is 43.0 Å². The normalized spacial score (nSPS) is 18.6. The summed E-state index contributed by atoms with van der Waals surface area (Å²) in [7, 11) is 0.705. The van der Waals surface area contributed by atoms with Crippen LogP contribution in [0.2, 0.25) is 0 Å². The average molecular weight is 404 g/mol. The second kappa shape index (κ2) is 6.92. The number of carbonyl (C=O) groups is 1. The van der Waals surface area contributed by atoms with Crippen molar-refractivity contribution < 1.29 is 18.5 Å². The maximum atomic E-state index is 12.8. The molecule has 0 radical (unpaired) electrons. The summed E-state index contributed by atoms with van der Waals surface area (Å²) in [6.45, 7) is 2.18. The van der Waals surface area contributed by atoms with E-state index in [0.29, 0.717) is 28.5 Å². The third kappa shape index (κ3) is 3.09. The Balaban J connectivity index is 1.71. The number of fused-ring (bicyclic) bond motifs is 1. The quantitative estimate of drug-likeness (QED) is 0.710. The Morgan fingerprint density at radius 2 is 2.07 bits per heavy atom. The second-order valence-corrected chi connectivity index (χ2v) is 9.62. The highest BCUT2D eigenvalue weighted by Gasteiger charge is 2.54. The number of nitrogens with two attached hydrogens (primary N) is 1. The molecule has 1 aromatic heterocycles. The highest BCUT2D eigenvalue weighted by Crippen LogP contribution is 2.48. The Morgan fingerprint density at radius 3 is 2.68 bits per heavy atom. The van der Waals surface area contributed by atoms with Crippen molar-refractivity contribution in [3.8, 4) is 5.75 Å². The van der Waals surface area contributed by atoms with Gasteiger partial charge < -0.3 is 19.8 Å². The Bertz CT molecular complexity index is 1040. The maximum Gasteiger partial charge on any atom is 0.345 e. The molecule has 0 aliphatic heterocycles. The van der Waals surface area contributed by atoms with E-state index >= 15 is 0 Å². The monoisotopic (exact) mass is 404 g/mol. The van der Waals surface area contributed by atoms with Gasteiger partial charge in [-0.3, -0.25) is 9.00 Å². The fourth-order valence-electron chi connectivity index (χ4n) is 3.51. The van der Waals surface area contributed by atoms with E-state index in [0.717, 1.165) is 25.7 Å². The number of hydrogen-bond donors (Lipinski definition) is 1.